The number of aromatic nitrogens is 1. The van der Waals surface area contributed by atoms with Crippen LogP contribution in [0.1, 0.15) is 26.6 Å². The lowest BCUT2D eigenvalue weighted by Crippen LogP contribution is -2.26. The third kappa shape index (κ3) is 3.61. The number of rotatable bonds is 4. The zero-order valence-corrected chi connectivity index (χ0v) is 11.7. The largest absolute Gasteiger partial charge is 0.352 e. The van der Waals surface area contributed by atoms with Crippen LogP contribution in [-0.2, 0) is 6.42 Å². The standard InChI is InChI=1S/C14H15FN2OS/c1-9-7-11(15)3-4-12(9)14(18)16-6-5-13-17-10(2)8-19-13/h3-4,7-8H,5-6H2,1-2H3,(H,16,18). The van der Waals surface area contributed by atoms with Crippen LogP contribution in [0.15, 0.2) is 23.6 Å². The fourth-order valence-electron chi connectivity index (χ4n) is 1.78. The normalized spacial score (nSPS) is 10.5. The summed E-state index contributed by atoms with van der Waals surface area (Å²) in [5.74, 6) is -0.502. The first-order chi connectivity index (χ1) is 9.06. The molecule has 1 aromatic carbocycles. The summed E-state index contributed by atoms with van der Waals surface area (Å²) in [4.78, 5) is 16.2. The molecule has 5 heteroatoms. The average Bonchev–Trinajstić information content (AvgIpc) is 2.75. The van der Waals surface area contributed by atoms with Crippen molar-refractivity contribution in [3.8, 4) is 0 Å². The predicted octanol–water partition coefficient (Wildman–Crippen LogP) is 2.87. The lowest BCUT2D eigenvalue weighted by molar-refractivity contribution is 0.0953. The molecule has 1 heterocycles. The Balaban J connectivity index is 1.90. The van der Waals surface area contributed by atoms with Crippen LogP contribution in [-0.4, -0.2) is 17.4 Å². The van der Waals surface area contributed by atoms with Crippen molar-refractivity contribution in [3.05, 3.63) is 51.2 Å². The van der Waals surface area contributed by atoms with Crippen molar-refractivity contribution in [2.24, 2.45) is 0 Å². The minimum atomic E-state index is -0.327. The number of aryl methyl sites for hydroxylation is 2. The molecule has 0 spiro atoms. The molecule has 0 aliphatic rings. The SMILES string of the molecule is Cc1csc(CCNC(=O)c2ccc(F)cc2C)n1. The van der Waals surface area contributed by atoms with Crippen LogP contribution >= 0.6 is 11.3 Å². The molecule has 1 N–H and O–H groups in total. The van der Waals surface area contributed by atoms with E-state index < -0.39 is 0 Å². The maximum Gasteiger partial charge on any atom is 0.251 e. The van der Waals surface area contributed by atoms with Gasteiger partial charge >= 0.3 is 0 Å². The Labute approximate surface area is 115 Å². The monoisotopic (exact) mass is 278 g/mol. The van der Waals surface area contributed by atoms with Crippen molar-refractivity contribution >= 4 is 17.2 Å². The summed E-state index contributed by atoms with van der Waals surface area (Å²) >= 11 is 1.59. The lowest BCUT2D eigenvalue weighted by Gasteiger charge is -2.06. The Bertz CT molecular complexity index is 595. The highest BCUT2D eigenvalue weighted by Crippen LogP contribution is 2.11. The summed E-state index contributed by atoms with van der Waals surface area (Å²) in [6.45, 7) is 4.20. The van der Waals surface area contributed by atoms with Gasteiger partial charge in [-0.15, -0.1) is 11.3 Å². The zero-order valence-electron chi connectivity index (χ0n) is 10.9. The smallest absolute Gasteiger partial charge is 0.251 e. The van der Waals surface area contributed by atoms with Gasteiger partial charge in [0.1, 0.15) is 5.82 Å². The fraction of sp³-hybridized carbons (Fsp3) is 0.286. The molecule has 100 valence electrons. The molecule has 1 aromatic heterocycles. The van der Waals surface area contributed by atoms with Gasteiger partial charge in [0.15, 0.2) is 0 Å². The Morgan fingerprint density at radius 1 is 1.42 bits per heavy atom. The Hall–Kier alpha value is -1.75. The molecule has 0 saturated heterocycles. The highest BCUT2D eigenvalue weighted by Gasteiger charge is 2.09. The maximum absolute atomic E-state index is 12.9. The Morgan fingerprint density at radius 2 is 2.21 bits per heavy atom. The molecule has 2 rings (SSSR count). The number of amides is 1. The molecular weight excluding hydrogens is 263 g/mol. The summed E-state index contributed by atoms with van der Waals surface area (Å²) in [6, 6.07) is 4.17. The number of halogens is 1. The molecule has 0 bridgehead atoms. The van der Waals surface area contributed by atoms with Gasteiger partial charge in [0.2, 0.25) is 0 Å². The van der Waals surface area contributed by atoms with Gasteiger partial charge in [0, 0.05) is 29.6 Å². The molecule has 0 unspecified atom stereocenters. The number of carbonyl (C=O) groups is 1. The molecule has 3 nitrogen and oxygen atoms in total. The van der Waals surface area contributed by atoms with E-state index in [1.54, 1.807) is 18.3 Å². The maximum atomic E-state index is 12.9. The highest BCUT2D eigenvalue weighted by molar-refractivity contribution is 7.09. The van der Waals surface area contributed by atoms with Crippen molar-refractivity contribution in [2.75, 3.05) is 6.54 Å². The first kappa shape index (κ1) is 13.7. The van der Waals surface area contributed by atoms with E-state index in [9.17, 15) is 9.18 Å². The molecule has 1 amide bonds. The minimum absolute atomic E-state index is 0.175. The number of nitrogens with zero attached hydrogens (tertiary/aromatic N) is 1. The minimum Gasteiger partial charge on any atom is -0.352 e. The molecule has 2 aromatic rings. The van der Waals surface area contributed by atoms with E-state index >= 15 is 0 Å². The second-order valence-electron chi connectivity index (χ2n) is 4.35. The number of hydrogen-bond acceptors (Lipinski definition) is 3. The molecular formula is C14H15FN2OS. The fourth-order valence-corrected chi connectivity index (χ4v) is 2.55. The Kier molecular flexibility index (Phi) is 4.27. The second-order valence-corrected chi connectivity index (χ2v) is 5.29. The first-order valence-electron chi connectivity index (χ1n) is 6.01. The second kappa shape index (κ2) is 5.93. The first-order valence-corrected chi connectivity index (χ1v) is 6.89. The Morgan fingerprint density at radius 3 is 2.84 bits per heavy atom. The van der Waals surface area contributed by atoms with Crippen LogP contribution in [0.25, 0.3) is 0 Å². The van der Waals surface area contributed by atoms with E-state index in [2.05, 4.69) is 10.3 Å². The van der Waals surface area contributed by atoms with Crippen molar-refractivity contribution in [3.63, 3.8) is 0 Å². The number of hydrogen-bond donors (Lipinski definition) is 1. The quantitative estimate of drug-likeness (QED) is 0.934. The van der Waals surface area contributed by atoms with Crippen LogP contribution in [0.5, 0.6) is 0 Å². The molecule has 0 atom stereocenters. The van der Waals surface area contributed by atoms with Crippen LogP contribution < -0.4 is 5.32 Å². The average molecular weight is 278 g/mol. The summed E-state index contributed by atoms with van der Waals surface area (Å²) in [6.07, 6.45) is 0.713. The van der Waals surface area contributed by atoms with E-state index in [-0.39, 0.29) is 11.7 Å². The summed E-state index contributed by atoms with van der Waals surface area (Å²) in [7, 11) is 0. The topological polar surface area (TPSA) is 42.0 Å². The van der Waals surface area contributed by atoms with Gasteiger partial charge in [0.25, 0.3) is 5.91 Å². The van der Waals surface area contributed by atoms with Crippen LogP contribution in [0.4, 0.5) is 4.39 Å². The molecule has 0 radical (unpaired) electrons. The van der Waals surface area contributed by atoms with Crippen LogP contribution in [0.2, 0.25) is 0 Å². The van der Waals surface area contributed by atoms with Crippen molar-refractivity contribution in [1.82, 2.24) is 10.3 Å². The predicted molar refractivity (Wildman–Crippen MR) is 74.0 cm³/mol. The third-order valence-electron chi connectivity index (χ3n) is 2.72. The van der Waals surface area contributed by atoms with E-state index in [4.69, 9.17) is 0 Å². The molecule has 19 heavy (non-hydrogen) atoms. The van der Waals surface area contributed by atoms with E-state index in [0.29, 0.717) is 24.1 Å². The van der Waals surface area contributed by atoms with E-state index in [0.717, 1.165) is 10.7 Å². The summed E-state index contributed by atoms with van der Waals surface area (Å²) in [5, 5.41) is 5.82. The van der Waals surface area contributed by atoms with Gasteiger partial charge in [-0.05, 0) is 37.6 Å². The van der Waals surface area contributed by atoms with Gasteiger partial charge in [-0.25, -0.2) is 9.37 Å². The number of benzene rings is 1. The highest BCUT2D eigenvalue weighted by atomic mass is 32.1. The number of nitrogens with one attached hydrogen (secondary N) is 1. The lowest BCUT2D eigenvalue weighted by atomic mass is 10.1. The van der Waals surface area contributed by atoms with Gasteiger partial charge in [-0.2, -0.15) is 0 Å². The van der Waals surface area contributed by atoms with Gasteiger partial charge < -0.3 is 5.32 Å². The summed E-state index contributed by atoms with van der Waals surface area (Å²) in [5.41, 5.74) is 2.15. The molecule has 0 aliphatic carbocycles. The van der Waals surface area contributed by atoms with Crippen molar-refractivity contribution in [2.45, 2.75) is 20.3 Å². The van der Waals surface area contributed by atoms with Crippen LogP contribution in [0.3, 0.4) is 0 Å². The molecule has 0 fully saturated rings. The van der Waals surface area contributed by atoms with Gasteiger partial charge in [0.05, 0.1) is 5.01 Å². The molecule has 0 saturated carbocycles. The number of thiazole rings is 1. The van der Waals surface area contributed by atoms with Crippen molar-refractivity contribution < 1.29 is 9.18 Å². The summed E-state index contributed by atoms with van der Waals surface area (Å²) < 4.78 is 12.9. The van der Waals surface area contributed by atoms with Crippen molar-refractivity contribution in [1.29, 1.82) is 0 Å². The van der Waals surface area contributed by atoms with Gasteiger partial charge in [-0.3, -0.25) is 4.79 Å². The molecule has 0 aliphatic heterocycles. The van der Waals surface area contributed by atoms with Crippen LogP contribution in [0, 0.1) is 19.7 Å². The van der Waals surface area contributed by atoms with E-state index in [1.165, 1.54) is 18.2 Å². The number of carbonyl (C=O) groups excluding carboxylic acids is 1. The van der Waals surface area contributed by atoms with Gasteiger partial charge in [-0.1, -0.05) is 0 Å². The zero-order chi connectivity index (χ0) is 13.8. The third-order valence-corrected chi connectivity index (χ3v) is 3.75. The van der Waals surface area contributed by atoms with E-state index in [1.807, 2.05) is 12.3 Å².